The van der Waals surface area contributed by atoms with Gasteiger partial charge < -0.3 is 10.3 Å². The molecular formula is C13H14N2O2. The Labute approximate surface area is 98.7 Å². The summed E-state index contributed by atoms with van der Waals surface area (Å²) in [6.45, 7) is 3.90. The van der Waals surface area contributed by atoms with Gasteiger partial charge in [-0.15, -0.1) is 0 Å². The molecule has 2 rings (SSSR count). The second-order valence-electron chi connectivity index (χ2n) is 4.24. The van der Waals surface area contributed by atoms with Gasteiger partial charge in [0, 0.05) is 17.5 Å². The van der Waals surface area contributed by atoms with Crippen molar-refractivity contribution in [2.75, 3.05) is 0 Å². The van der Waals surface area contributed by atoms with Crippen LogP contribution in [0.5, 0.6) is 0 Å². The molecule has 0 saturated heterocycles. The molecule has 4 nitrogen and oxygen atoms in total. The summed E-state index contributed by atoms with van der Waals surface area (Å²) < 4.78 is 1.79. The van der Waals surface area contributed by atoms with E-state index in [-0.39, 0.29) is 17.2 Å². The lowest BCUT2D eigenvalue weighted by Crippen LogP contribution is -2.24. The van der Waals surface area contributed by atoms with E-state index in [1.807, 2.05) is 26.0 Å². The molecule has 0 saturated carbocycles. The number of carbonyl (C=O) groups is 1. The van der Waals surface area contributed by atoms with E-state index >= 15 is 0 Å². The van der Waals surface area contributed by atoms with Gasteiger partial charge in [0.15, 0.2) is 5.43 Å². The molecule has 0 aliphatic rings. The van der Waals surface area contributed by atoms with Gasteiger partial charge in [-0.3, -0.25) is 9.59 Å². The zero-order valence-electron chi connectivity index (χ0n) is 9.81. The Bertz CT molecular complexity index is 641. The summed E-state index contributed by atoms with van der Waals surface area (Å²) in [5.41, 5.74) is 6.13. The SMILES string of the molecule is CC(C)n1c(C(N)=O)cc(=O)c2ccccc21. The van der Waals surface area contributed by atoms with E-state index < -0.39 is 5.91 Å². The molecule has 0 aliphatic heterocycles. The maximum atomic E-state index is 11.9. The van der Waals surface area contributed by atoms with Crippen LogP contribution in [0.2, 0.25) is 0 Å². The Kier molecular flexibility index (Phi) is 2.71. The van der Waals surface area contributed by atoms with Crippen LogP contribution < -0.4 is 11.2 Å². The van der Waals surface area contributed by atoms with Crippen molar-refractivity contribution in [3.05, 3.63) is 46.2 Å². The number of fused-ring (bicyclic) bond motifs is 1. The Balaban J connectivity index is 2.98. The summed E-state index contributed by atoms with van der Waals surface area (Å²) in [4.78, 5) is 23.2. The second kappa shape index (κ2) is 4.05. The van der Waals surface area contributed by atoms with Crippen LogP contribution in [-0.2, 0) is 0 Å². The number of amides is 1. The second-order valence-corrected chi connectivity index (χ2v) is 4.24. The Morgan fingerprint density at radius 2 is 1.94 bits per heavy atom. The molecule has 2 aromatic rings. The average Bonchev–Trinajstić information content (AvgIpc) is 2.28. The van der Waals surface area contributed by atoms with Crippen LogP contribution in [0.4, 0.5) is 0 Å². The number of nitrogens with two attached hydrogens (primary N) is 1. The third-order valence-electron chi connectivity index (χ3n) is 2.73. The molecule has 1 aromatic heterocycles. The van der Waals surface area contributed by atoms with Crippen molar-refractivity contribution in [2.24, 2.45) is 5.73 Å². The molecule has 0 bridgehead atoms. The first-order valence-electron chi connectivity index (χ1n) is 5.46. The number of para-hydroxylation sites is 1. The first-order valence-corrected chi connectivity index (χ1v) is 5.46. The van der Waals surface area contributed by atoms with E-state index in [4.69, 9.17) is 5.73 Å². The van der Waals surface area contributed by atoms with Gasteiger partial charge >= 0.3 is 0 Å². The highest BCUT2D eigenvalue weighted by Crippen LogP contribution is 2.18. The number of hydrogen-bond acceptors (Lipinski definition) is 2. The molecule has 17 heavy (non-hydrogen) atoms. The first-order chi connectivity index (χ1) is 8.02. The van der Waals surface area contributed by atoms with E-state index in [1.54, 1.807) is 16.7 Å². The molecule has 1 amide bonds. The standard InChI is InChI=1S/C13H14N2O2/c1-8(2)15-10-6-4-3-5-9(10)12(16)7-11(15)13(14)17/h3-8H,1-2H3,(H2,14,17). The Hall–Kier alpha value is -2.10. The molecule has 0 atom stereocenters. The van der Waals surface area contributed by atoms with Crippen LogP contribution in [0, 0.1) is 0 Å². The third-order valence-corrected chi connectivity index (χ3v) is 2.73. The predicted octanol–water partition coefficient (Wildman–Crippen LogP) is 1.68. The van der Waals surface area contributed by atoms with E-state index in [1.165, 1.54) is 6.07 Å². The number of hydrogen-bond donors (Lipinski definition) is 1. The van der Waals surface area contributed by atoms with Crippen LogP contribution in [-0.4, -0.2) is 10.5 Å². The molecule has 1 aromatic carbocycles. The monoisotopic (exact) mass is 230 g/mol. The molecule has 4 heteroatoms. The van der Waals surface area contributed by atoms with Crippen LogP contribution in [0.3, 0.4) is 0 Å². The number of carbonyl (C=O) groups excluding carboxylic acids is 1. The number of nitrogens with zero attached hydrogens (tertiary/aromatic N) is 1. The van der Waals surface area contributed by atoms with Crippen LogP contribution >= 0.6 is 0 Å². The summed E-state index contributed by atoms with van der Waals surface area (Å²) >= 11 is 0. The number of pyridine rings is 1. The number of benzene rings is 1. The quantitative estimate of drug-likeness (QED) is 0.853. The largest absolute Gasteiger partial charge is 0.364 e. The minimum absolute atomic E-state index is 0.0583. The summed E-state index contributed by atoms with van der Waals surface area (Å²) in [5.74, 6) is -0.582. The van der Waals surface area contributed by atoms with E-state index in [2.05, 4.69) is 0 Å². The fraction of sp³-hybridized carbons (Fsp3) is 0.231. The highest BCUT2D eigenvalue weighted by Gasteiger charge is 2.14. The lowest BCUT2D eigenvalue weighted by Gasteiger charge is -2.18. The summed E-state index contributed by atoms with van der Waals surface area (Å²) in [6, 6.07) is 8.59. The first kappa shape index (κ1) is 11.4. The highest BCUT2D eigenvalue weighted by molar-refractivity contribution is 5.94. The van der Waals surface area contributed by atoms with Gasteiger partial charge in [-0.1, -0.05) is 12.1 Å². The van der Waals surface area contributed by atoms with Gasteiger partial charge in [-0.05, 0) is 26.0 Å². The summed E-state index contributed by atoms with van der Waals surface area (Å²) in [5, 5.41) is 0.603. The van der Waals surface area contributed by atoms with Crippen molar-refractivity contribution in [3.8, 4) is 0 Å². The topological polar surface area (TPSA) is 65.1 Å². The normalized spacial score (nSPS) is 11.0. The fourth-order valence-electron chi connectivity index (χ4n) is 2.04. The van der Waals surface area contributed by atoms with Crippen molar-refractivity contribution in [3.63, 3.8) is 0 Å². The summed E-state index contributed by atoms with van der Waals surface area (Å²) in [6.07, 6.45) is 0. The molecule has 2 N–H and O–H groups in total. The van der Waals surface area contributed by atoms with Crippen molar-refractivity contribution < 1.29 is 4.79 Å². The molecule has 0 radical (unpaired) electrons. The minimum atomic E-state index is -0.582. The van der Waals surface area contributed by atoms with Crippen LogP contribution in [0.1, 0.15) is 30.4 Å². The smallest absolute Gasteiger partial charge is 0.265 e. The van der Waals surface area contributed by atoms with E-state index in [0.717, 1.165) is 5.52 Å². The minimum Gasteiger partial charge on any atom is -0.364 e. The number of rotatable bonds is 2. The summed E-state index contributed by atoms with van der Waals surface area (Å²) in [7, 11) is 0. The maximum Gasteiger partial charge on any atom is 0.265 e. The number of primary amides is 1. The van der Waals surface area contributed by atoms with Gasteiger partial charge in [0.2, 0.25) is 0 Å². The van der Waals surface area contributed by atoms with Crippen LogP contribution in [0.15, 0.2) is 35.1 Å². The highest BCUT2D eigenvalue weighted by atomic mass is 16.1. The van der Waals surface area contributed by atoms with Crippen LogP contribution in [0.25, 0.3) is 10.9 Å². The zero-order chi connectivity index (χ0) is 12.6. The number of aromatic nitrogens is 1. The predicted molar refractivity (Wildman–Crippen MR) is 67.1 cm³/mol. The molecular weight excluding hydrogens is 216 g/mol. The Morgan fingerprint density at radius 1 is 1.29 bits per heavy atom. The van der Waals surface area contributed by atoms with Gasteiger partial charge in [0.05, 0.1) is 5.52 Å². The zero-order valence-corrected chi connectivity index (χ0v) is 9.81. The molecule has 0 unspecified atom stereocenters. The molecule has 0 fully saturated rings. The van der Waals surface area contributed by atoms with Crippen molar-refractivity contribution in [2.45, 2.75) is 19.9 Å². The van der Waals surface area contributed by atoms with Crippen molar-refractivity contribution in [1.29, 1.82) is 0 Å². The third kappa shape index (κ3) is 1.82. The fourth-order valence-corrected chi connectivity index (χ4v) is 2.04. The van der Waals surface area contributed by atoms with Gasteiger partial charge in [-0.25, -0.2) is 0 Å². The van der Waals surface area contributed by atoms with E-state index in [9.17, 15) is 9.59 Å². The van der Waals surface area contributed by atoms with Gasteiger partial charge in [0.1, 0.15) is 5.69 Å². The maximum absolute atomic E-state index is 11.9. The molecule has 0 spiro atoms. The average molecular weight is 230 g/mol. The molecule has 1 heterocycles. The molecule has 0 aliphatic carbocycles. The van der Waals surface area contributed by atoms with Gasteiger partial charge in [-0.2, -0.15) is 0 Å². The van der Waals surface area contributed by atoms with Crippen molar-refractivity contribution in [1.82, 2.24) is 4.57 Å². The van der Waals surface area contributed by atoms with Crippen molar-refractivity contribution >= 4 is 16.8 Å². The molecule has 88 valence electrons. The van der Waals surface area contributed by atoms with E-state index in [0.29, 0.717) is 5.39 Å². The van der Waals surface area contributed by atoms with Gasteiger partial charge in [0.25, 0.3) is 5.91 Å². The lowest BCUT2D eigenvalue weighted by molar-refractivity contribution is 0.0990. The lowest BCUT2D eigenvalue weighted by atomic mass is 10.1. The Morgan fingerprint density at radius 3 is 2.53 bits per heavy atom.